The van der Waals surface area contributed by atoms with Gasteiger partial charge in [-0.2, -0.15) is 0 Å². The number of anilines is 1. The summed E-state index contributed by atoms with van der Waals surface area (Å²) in [5.74, 6) is -1.18. The smallest absolute Gasteiger partial charge is 0.356 e. The molecular weight excluding hydrogens is 246 g/mol. The van der Waals surface area contributed by atoms with Gasteiger partial charge in [-0.05, 0) is 24.0 Å². The Morgan fingerprint density at radius 2 is 2.05 bits per heavy atom. The number of carboxylic acids is 1. The zero-order valence-corrected chi connectivity index (χ0v) is 11.4. The van der Waals surface area contributed by atoms with Crippen molar-refractivity contribution in [1.82, 2.24) is 10.3 Å². The number of aromatic carboxylic acids is 1. The van der Waals surface area contributed by atoms with Gasteiger partial charge >= 0.3 is 12.0 Å². The highest BCUT2D eigenvalue weighted by Gasteiger charge is 2.14. The van der Waals surface area contributed by atoms with Crippen LogP contribution in [0.25, 0.3) is 0 Å². The Labute approximate surface area is 112 Å². The normalized spacial score (nSPS) is 10.9. The molecule has 0 unspecified atom stereocenters. The van der Waals surface area contributed by atoms with Gasteiger partial charge in [-0.25, -0.2) is 14.6 Å². The predicted molar refractivity (Wildman–Crippen MR) is 72.3 cm³/mol. The van der Waals surface area contributed by atoms with Gasteiger partial charge in [0.25, 0.3) is 0 Å². The molecule has 1 aromatic rings. The van der Waals surface area contributed by atoms with E-state index in [1.54, 1.807) is 6.07 Å². The topological polar surface area (TPSA) is 91.3 Å². The van der Waals surface area contributed by atoms with E-state index in [2.05, 4.69) is 36.4 Å². The van der Waals surface area contributed by atoms with Crippen molar-refractivity contribution in [1.29, 1.82) is 0 Å². The van der Waals surface area contributed by atoms with Crippen LogP contribution in [0.2, 0.25) is 0 Å². The summed E-state index contributed by atoms with van der Waals surface area (Å²) in [6.07, 6.45) is 2.20. The van der Waals surface area contributed by atoms with Gasteiger partial charge in [0.15, 0.2) is 5.69 Å². The molecule has 0 aliphatic carbocycles. The molecule has 104 valence electrons. The van der Waals surface area contributed by atoms with Crippen molar-refractivity contribution in [2.24, 2.45) is 5.41 Å². The lowest BCUT2D eigenvalue weighted by atomic mass is 9.92. The Bertz CT molecular complexity index is 466. The number of nitrogens with one attached hydrogen (secondary N) is 2. The monoisotopic (exact) mass is 265 g/mol. The molecule has 0 aromatic carbocycles. The van der Waals surface area contributed by atoms with Crippen LogP contribution in [0.5, 0.6) is 0 Å². The van der Waals surface area contributed by atoms with E-state index in [1.807, 2.05) is 0 Å². The second kappa shape index (κ2) is 6.17. The van der Waals surface area contributed by atoms with E-state index in [9.17, 15) is 9.59 Å². The lowest BCUT2D eigenvalue weighted by Gasteiger charge is -2.18. The van der Waals surface area contributed by atoms with Crippen LogP contribution in [0.4, 0.5) is 10.5 Å². The maximum atomic E-state index is 11.6. The van der Waals surface area contributed by atoms with Crippen LogP contribution >= 0.6 is 0 Å². The molecular formula is C13H19N3O3. The molecule has 0 atom stereocenters. The summed E-state index contributed by atoms with van der Waals surface area (Å²) < 4.78 is 0. The number of hydrogen-bond acceptors (Lipinski definition) is 3. The van der Waals surface area contributed by atoms with E-state index in [0.717, 1.165) is 6.42 Å². The van der Waals surface area contributed by atoms with E-state index in [-0.39, 0.29) is 16.8 Å². The highest BCUT2D eigenvalue weighted by atomic mass is 16.4. The third-order valence-corrected chi connectivity index (χ3v) is 2.42. The average Bonchev–Trinajstić information content (AvgIpc) is 2.27. The fourth-order valence-corrected chi connectivity index (χ4v) is 1.39. The number of nitrogens with zero attached hydrogens (tertiary/aromatic N) is 1. The van der Waals surface area contributed by atoms with Gasteiger partial charge in [-0.15, -0.1) is 0 Å². The fourth-order valence-electron chi connectivity index (χ4n) is 1.39. The summed E-state index contributed by atoms with van der Waals surface area (Å²) in [6, 6.07) is 2.64. The van der Waals surface area contributed by atoms with E-state index in [0.29, 0.717) is 6.54 Å². The number of rotatable bonds is 4. The highest BCUT2D eigenvalue weighted by Crippen LogP contribution is 2.17. The van der Waals surface area contributed by atoms with Crippen molar-refractivity contribution in [3.63, 3.8) is 0 Å². The number of amides is 2. The molecule has 0 saturated carbocycles. The van der Waals surface area contributed by atoms with Crippen LogP contribution in [-0.4, -0.2) is 28.6 Å². The SMILES string of the molecule is CC(C)(C)CCNC(=O)Nc1cccnc1C(=O)O. The molecule has 6 heteroatoms. The van der Waals surface area contributed by atoms with Gasteiger partial charge < -0.3 is 15.7 Å². The molecule has 0 radical (unpaired) electrons. The zero-order chi connectivity index (χ0) is 14.5. The molecule has 3 N–H and O–H groups in total. The average molecular weight is 265 g/mol. The van der Waals surface area contributed by atoms with Crippen molar-refractivity contribution >= 4 is 17.7 Å². The lowest BCUT2D eigenvalue weighted by molar-refractivity contribution is 0.0691. The highest BCUT2D eigenvalue weighted by molar-refractivity contribution is 5.98. The summed E-state index contributed by atoms with van der Waals surface area (Å²) in [5, 5.41) is 14.1. The van der Waals surface area contributed by atoms with Gasteiger partial charge in [0.2, 0.25) is 0 Å². The van der Waals surface area contributed by atoms with Gasteiger partial charge in [-0.3, -0.25) is 0 Å². The Balaban J connectivity index is 2.56. The quantitative estimate of drug-likeness (QED) is 0.779. The first kappa shape index (κ1) is 14.9. The lowest BCUT2D eigenvalue weighted by Crippen LogP contribution is -2.32. The largest absolute Gasteiger partial charge is 0.476 e. The summed E-state index contributed by atoms with van der Waals surface area (Å²) in [7, 11) is 0. The second-order valence-electron chi connectivity index (χ2n) is 5.40. The van der Waals surface area contributed by atoms with Crippen LogP contribution in [0.15, 0.2) is 18.3 Å². The van der Waals surface area contributed by atoms with Crippen molar-refractivity contribution in [2.45, 2.75) is 27.2 Å². The molecule has 0 fully saturated rings. The van der Waals surface area contributed by atoms with Crippen LogP contribution in [0.1, 0.15) is 37.7 Å². The predicted octanol–water partition coefficient (Wildman–Crippen LogP) is 2.34. The van der Waals surface area contributed by atoms with Crippen LogP contribution < -0.4 is 10.6 Å². The number of aromatic nitrogens is 1. The molecule has 0 saturated heterocycles. The molecule has 0 bridgehead atoms. The molecule has 6 nitrogen and oxygen atoms in total. The minimum atomic E-state index is -1.18. The van der Waals surface area contributed by atoms with E-state index >= 15 is 0 Å². The van der Waals surface area contributed by atoms with E-state index < -0.39 is 12.0 Å². The second-order valence-corrected chi connectivity index (χ2v) is 5.40. The molecule has 2 amide bonds. The Morgan fingerprint density at radius 3 is 2.63 bits per heavy atom. The third kappa shape index (κ3) is 5.37. The first-order chi connectivity index (χ1) is 8.79. The molecule has 1 aromatic heterocycles. The fraction of sp³-hybridized carbons (Fsp3) is 0.462. The maximum absolute atomic E-state index is 11.6. The summed E-state index contributed by atoms with van der Waals surface area (Å²) in [5.41, 5.74) is 0.144. The minimum absolute atomic E-state index is 0.133. The maximum Gasteiger partial charge on any atom is 0.356 e. The number of hydrogen-bond donors (Lipinski definition) is 3. The first-order valence-corrected chi connectivity index (χ1v) is 6.03. The van der Waals surface area contributed by atoms with Gasteiger partial charge in [0.1, 0.15) is 0 Å². The van der Waals surface area contributed by atoms with Crippen molar-refractivity contribution in [3.05, 3.63) is 24.0 Å². The van der Waals surface area contributed by atoms with Crippen molar-refractivity contribution in [2.75, 3.05) is 11.9 Å². The van der Waals surface area contributed by atoms with Crippen LogP contribution in [-0.2, 0) is 0 Å². The summed E-state index contributed by atoms with van der Waals surface area (Å²) in [6.45, 7) is 6.76. The number of pyridine rings is 1. The standard InChI is InChI=1S/C13H19N3O3/c1-13(2,3)6-8-15-12(19)16-9-5-4-7-14-10(9)11(17)18/h4-5,7H,6,8H2,1-3H3,(H,17,18)(H2,15,16,19). The van der Waals surface area contributed by atoms with Crippen LogP contribution in [0, 0.1) is 5.41 Å². The first-order valence-electron chi connectivity index (χ1n) is 6.03. The van der Waals surface area contributed by atoms with Crippen molar-refractivity contribution in [3.8, 4) is 0 Å². The summed E-state index contributed by atoms with van der Waals surface area (Å²) in [4.78, 5) is 26.3. The number of carbonyl (C=O) groups is 2. The minimum Gasteiger partial charge on any atom is -0.476 e. The Hall–Kier alpha value is -2.11. The molecule has 0 spiro atoms. The molecule has 19 heavy (non-hydrogen) atoms. The number of urea groups is 1. The zero-order valence-electron chi connectivity index (χ0n) is 11.4. The van der Waals surface area contributed by atoms with Gasteiger partial charge in [-0.1, -0.05) is 20.8 Å². The molecule has 0 aliphatic rings. The number of carbonyl (C=O) groups excluding carboxylic acids is 1. The van der Waals surface area contributed by atoms with E-state index in [1.165, 1.54) is 12.3 Å². The van der Waals surface area contributed by atoms with Crippen molar-refractivity contribution < 1.29 is 14.7 Å². The third-order valence-electron chi connectivity index (χ3n) is 2.42. The summed E-state index contributed by atoms with van der Waals surface area (Å²) >= 11 is 0. The van der Waals surface area contributed by atoms with Crippen LogP contribution in [0.3, 0.4) is 0 Å². The van der Waals surface area contributed by atoms with Gasteiger partial charge in [0, 0.05) is 12.7 Å². The Morgan fingerprint density at radius 1 is 1.37 bits per heavy atom. The molecule has 1 rings (SSSR count). The van der Waals surface area contributed by atoms with E-state index in [4.69, 9.17) is 5.11 Å². The number of carboxylic acid groups (broad SMARTS) is 1. The van der Waals surface area contributed by atoms with Gasteiger partial charge in [0.05, 0.1) is 5.69 Å². The Kier molecular flexibility index (Phi) is 4.86. The molecule has 1 heterocycles. The molecule has 0 aliphatic heterocycles.